The summed E-state index contributed by atoms with van der Waals surface area (Å²) < 4.78 is 79.9. The van der Waals surface area contributed by atoms with Gasteiger partial charge in [0.05, 0.1) is 12.2 Å². The van der Waals surface area contributed by atoms with Crippen LogP contribution in [0.15, 0.2) is 60.7 Å². The van der Waals surface area contributed by atoms with Crippen molar-refractivity contribution in [3.05, 3.63) is 87.4 Å². The minimum atomic E-state index is -4.93. The molecule has 6 nitrogen and oxygen atoms in total. The Kier molecular flexibility index (Phi) is 7.75. The van der Waals surface area contributed by atoms with Crippen LogP contribution in [-0.4, -0.2) is 37.3 Å². The number of carbonyl (C=O) groups excluding carboxylic acids is 2. The molecule has 3 aromatic carbocycles. The number of carbonyl (C=O) groups is 2. The Hall–Kier alpha value is -3.48. The molecular formula is C25H17Cl2F6N3O3. The monoisotopic (exact) mass is 591 g/mol. The molecule has 0 aromatic heterocycles. The van der Waals surface area contributed by atoms with E-state index in [1.165, 1.54) is 24.3 Å². The number of hydrogen-bond donors (Lipinski definition) is 3. The number of nitrogens with one attached hydrogen (secondary N) is 3. The molecule has 0 saturated heterocycles. The average molecular weight is 592 g/mol. The van der Waals surface area contributed by atoms with Crippen LogP contribution in [0.25, 0.3) is 16.5 Å². The van der Waals surface area contributed by atoms with E-state index in [0.29, 0.717) is 10.8 Å². The van der Waals surface area contributed by atoms with Gasteiger partial charge in [0.15, 0.2) is 0 Å². The quantitative estimate of drug-likeness (QED) is 0.312. The van der Waals surface area contributed by atoms with E-state index < -0.39 is 42.9 Å². The topological polar surface area (TPSA) is 79.5 Å². The molecule has 0 spiro atoms. The number of fused-ring (bicyclic) bond motifs is 1. The van der Waals surface area contributed by atoms with Crippen LogP contribution in [-0.2, 0) is 15.2 Å². The lowest BCUT2D eigenvalue weighted by Crippen LogP contribution is -2.42. The van der Waals surface area contributed by atoms with Crippen LogP contribution in [0.2, 0.25) is 10.0 Å². The fourth-order valence-corrected chi connectivity index (χ4v) is 4.52. The Bertz CT molecular complexity index is 1460. The number of amides is 2. The summed E-state index contributed by atoms with van der Waals surface area (Å²) in [7, 11) is 0. The van der Waals surface area contributed by atoms with Crippen molar-refractivity contribution in [1.82, 2.24) is 16.1 Å². The predicted octanol–water partition coefficient (Wildman–Crippen LogP) is 5.89. The van der Waals surface area contributed by atoms with E-state index in [0.717, 1.165) is 18.2 Å². The summed E-state index contributed by atoms with van der Waals surface area (Å²) in [5, 5.41) is 4.48. The normalized spacial score (nSPS) is 17.5. The van der Waals surface area contributed by atoms with E-state index in [-0.39, 0.29) is 32.4 Å². The number of alkyl halides is 6. The summed E-state index contributed by atoms with van der Waals surface area (Å²) in [5.74, 6) is -1.83. The van der Waals surface area contributed by atoms with Crippen molar-refractivity contribution >= 4 is 51.5 Å². The first-order chi connectivity index (χ1) is 18.2. The van der Waals surface area contributed by atoms with Gasteiger partial charge in [-0.25, -0.2) is 0 Å². The highest BCUT2D eigenvalue weighted by atomic mass is 35.5. The van der Waals surface area contributed by atoms with Crippen LogP contribution in [0.3, 0.4) is 0 Å². The van der Waals surface area contributed by atoms with Gasteiger partial charge < -0.3 is 10.6 Å². The molecule has 0 aliphatic carbocycles. The highest BCUT2D eigenvalue weighted by Gasteiger charge is 2.59. The van der Waals surface area contributed by atoms with Crippen molar-refractivity contribution < 1.29 is 40.8 Å². The molecule has 0 saturated carbocycles. The van der Waals surface area contributed by atoms with Crippen LogP contribution in [0, 0.1) is 0 Å². The van der Waals surface area contributed by atoms with E-state index in [1.807, 2.05) is 0 Å². The maximum atomic E-state index is 14.4. The standard InChI is InChI=1S/C25H17Cl2F6N3O3/c26-14-7-13(8-15(27)9-14)23(25(31,32)33)10-20(36-39-23)18-5-6-19(17-4-2-1-3-16(17)18)22(38)34-11-21(37)35-12-24(28,29)30/h1-10,36H,11-12H2,(H,34,38)(H,35,37)/t23-/m0/s1. The van der Waals surface area contributed by atoms with Crippen molar-refractivity contribution in [2.24, 2.45) is 0 Å². The highest BCUT2D eigenvalue weighted by molar-refractivity contribution is 6.34. The lowest BCUT2D eigenvalue weighted by atomic mass is 9.90. The molecule has 2 amide bonds. The number of benzene rings is 3. The Morgan fingerprint density at radius 1 is 0.897 bits per heavy atom. The second-order valence-corrected chi connectivity index (χ2v) is 9.31. The average Bonchev–Trinajstić information content (AvgIpc) is 3.31. The van der Waals surface area contributed by atoms with Gasteiger partial charge in [0.25, 0.3) is 5.91 Å². The first-order valence-corrected chi connectivity index (χ1v) is 11.8. The third kappa shape index (κ3) is 6.07. The predicted molar refractivity (Wildman–Crippen MR) is 132 cm³/mol. The van der Waals surface area contributed by atoms with Gasteiger partial charge in [-0.2, -0.15) is 26.3 Å². The van der Waals surface area contributed by atoms with E-state index in [2.05, 4.69) is 10.8 Å². The van der Waals surface area contributed by atoms with Gasteiger partial charge in [0.2, 0.25) is 11.5 Å². The summed E-state index contributed by atoms with van der Waals surface area (Å²) in [4.78, 5) is 29.5. The molecule has 39 heavy (non-hydrogen) atoms. The van der Waals surface area contributed by atoms with Gasteiger partial charge in [0.1, 0.15) is 6.54 Å². The molecule has 4 rings (SSSR count). The summed E-state index contributed by atoms with van der Waals surface area (Å²) in [5.41, 5.74) is -0.731. The molecule has 0 radical (unpaired) electrons. The van der Waals surface area contributed by atoms with Gasteiger partial charge in [-0.15, -0.1) is 0 Å². The summed E-state index contributed by atoms with van der Waals surface area (Å²) in [6.45, 7) is -2.27. The van der Waals surface area contributed by atoms with E-state index in [1.54, 1.807) is 23.5 Å². The summed E-state index contributed by atoms with van der Waals surface area (Å²) >= 11 is 11.9. The van der Waals surface area contributed by atoms with E-state index >= 15 is 0 Å². The SMILES string of the molecule is O=C(CNC(=O)c1ccc(C2=C[C@](c3cc(Cl)cc(Cl)c3)(C(F)(F)F)ON2)c2ccccc12)NCC(F)(F)F. The number of hydrogen-bond acceptors (Lipinski definition) is 4. The maximum absolute atomic E-state index is 14.4. The lowest BCUT2D eigenvalue weighted by Gasteiger charge is -2.28. The second kappa shape index (κ2) is 10.6. The van der Waals surface area contributed by atoms with Crippen molar-refractivity contribution in [3.8, 4) is 0 Å². The van der Waals surface area contributed by atoms with Gasteiger partial charge in [-0.05, 0) is 41.1 Å². The van der Waals surface area contributed by atoms with Gasteiger partial charge in [-0.1, -0.05) is 53.5 Å². The second-order valence-electron chi connectivity index (χ2n) is 8.43. The molecule has 0 bridgehead atoms. The van der Waals surface area contributed by atoms with Crippen molar-refractivity contribution in [3.63, 3.8) is 0 Å². The Balaban J connectivity index is 1.68. The molecule has 14 heteroatoms. The van der Waals surface area contributed by atoms with E-state index in [4.69, 9.17) is 28.0 Å². The zero-order valence-corrected chi connectivity index (χ0v) is 20.9. The molecule has 206 valence electrons. The molecular weight excluding hydrogens is 575 g/mol. The largest absolute Gasteiger partial charge is 0.428 e. The van der Waals surface area contributed by atoms with Crippen LogP contribution >= 0.6 is 23.2 Å². The van der Waals surface area contributed by atoms with Crippen LogP contribution < -0.4 is 16.1 Å². The summed E-state index contributed by atoms with van der Waals surface area (Å²) in [6, 6.07) is 12.4. The first-order valence-electron chi connectivity index (χ1n) is 11.0. The Morgan fingerprint density at radius 2 is 1.54 bits per heavy atom. The molecule has 1 aliphatic rings. The molecule has 3 N–H and O–H groups in total. The van der Waals surface area contributed by atoms with Crippen LogP contribution in [0.1, 0.15) is 21.5 Å². The fraction of sp³-hybridized carbons (Fsp3) is 0.200. The minimum Gasteiger partial charge on any atom is -0.345 e. The van der Waals surface area contributed by atoms with Crippen LogP contribution in [0.4, 0.5) is 26.3 Å². The van der Waals surface area contributed by atoms with Crippen LogP contribution in [0.5, 0.6) is 0 Å². The van der Waals surface area contributed by atoms with Crippen molar-refractivity contribution in [2.75, 3.05) is 13.1 Å². The molecule has 0 unspecified atom stereocenters. The Labute approximate surface area is 226 Å². The van der Waals surface area contributed by atoms with Crippen molar-refractivity contribution in [2.45, 2.75) is 18.0 Å². The molecule has 0 fully saturated rings. The number of halogens is 8. The molecule has 1 aliphatic heterocycles. The zero-order chi connectivity index (χ0) is 28.6. The number of hydroxylamine groups is 1. The minimum absolute atomic E-state index is 0.0283. The lowest BCUT2D eigenvalue weighted by molar-refractivity contribution is -0.269. The van der Waals surface area contributed by atoms with Crippen molar-refractivity contribution in [1.29, 1.82) is 0 Å². The molecule has 1 heterocycles. The maximum Gasteiger partial charge on any atom is 0.428 e. The fourth-order valence-electron chi connectivity index (χ4n) is 3.99. The first kappa shape index (κ1) is 28.5. The van der Waals surface area contributed by atoms with Gasteiger partial charge in [-0.3, -0.25) is 19.9 Å². The molecule has 1 atom stereocenters. The van der Waals surface area contributed by atoms with Gasteiger partial charge in [0, 0.05) is 26.7 Å². The van der Waals surface area contributed by atoms with E-state index in [9.17, 15) is 35.9 Å². The third-order valence-corrected chi connectivity index (χ3v) is 6.17. The zero-order valence-electron chi connectivity index (χ0n) is 19.4. The third-order valence-electron chi connectivity index (χ3n) is 5.74. The summed E-state index contributed by atoms with van der Waals surface area (Å²) in [6.07, 6.45) is -8.71. The highest BCUT2D eigenvalue weighted by Crippen LogP contribution is 2.48. The Morgan fingerprint density at radius 3 is 2.15 bits per heavy atom. The molecule has 3 aromatic rings. The van der Waals surface area contributed by atoms with Gasteiger partial charge >= 0.3 is 12.4 Å². The number of rotatable bonds is 6. The smallest absolute Gasteiger partial charge is 0.345 e.